The number of Topliss-reactive ketones (excluding diaryl/α,β-unsaturated/α-hetero) is 1. The number of ether oxygens (including phenoxy) is 1. The highest BCUT2D eigenvalue weighted by Gasteiger charge is 2.48. The van der Waals surface area contributed by atoms with E-state index in [1.165, 1.54) is 16.7 Å². The van der Waals surface area contributed by atoms with Gasteiger partial charge in [-0.3, -0.25) is 14.2 Å². The molecule has 1 aromatic carbocycles. The van der Waals surface area contributed by atoms with Gasteiger partial charge in [-0.1, -0.05) is 4.49 Å². The van der Waals surface area contributed by atoms with E-state index in [4.69, 9.17) is 4.74 Å². The number of hydrogen-bond donors (Lipinski definition) is 0. The summed E-state index contributed by atoms with van der Waals surface area (Å²) in [5, 5.41) is 3.93. The Kier molecular flexibility index (Phi) is 4.88. The fraction of sp³-hybridized carbons (Fsp3) is 0.476. The van der Waals surface area contributed by atoms with Gasteiger partial charge in [0.15, 0.2) is 5.78 Å². The van der Waals surface area contributed by atoms with Crippen molar-refractivity contribution in [2.24, 2.45) is 0 Å². The van der Waals surface area contributed by atoms with Crippen LogP contribution in [-0.4, -0.2) is 69.0 Å². The Bertz CT molecular complexity index is 1340. The normalized spacial score (nSPS) is 24.1. The highest BCUT2D eigenvalue weighted by molar-refractivity contribution is 7.12. The highest BCUT2D eigenvalue weighted by Crippen LogP contribution is 2.36. The Hall–Kier alpha value is -3.06. The Balaban J connectivity index is 1.39. The minimum atomic E-state index is -4.59. The molecule has 2 bridgehead atoms. The molecule has 3 aromatic rings. The largest absolute Gasteiger partial charge is 0.408 e. The van der Waals surface area contributed by atoms with E-state index in [2.05, 4.69) is 14.6 Å². The third kappa shape index (κ3) is 3.54. The van der Waals surface area contributed by atoms with Crippen LogP contribution in [0.3, 0.4) is 0 Å². The molecule has 0 N–H and O–H groups in total. The van der Waals surface area contributed by atoms with E-state index >= 15 is 0 Å². The first kappa shape index (κ1) is 21.5. The van der Waals surface area contributed by atoms with Crippen LogP contribution < -0.4 is 15.4 Å². The summed E-state index contributed by atoms with van der Waals surface area (Å²) >= 11 is 1.16. The molecule has 2 aromatic heterocycles. The minimum absolute atomic E-state index is 0.0290. The number of fused-ring (bicyclic) bond motifs is 4. The van der Waals surface area contributed by atoms with Crippen LogP contribution in [-0.2, 0) is 11.3 Å². The number of ketones is 1. The fourth-order valence-electron chi connectivity index (χ4n) is 5.01. The SMILES string of the molecule is O=C(CN1c2nc(N3C[C@@H]4C[C@H]3CO4)cc(=O)n2CC[C@H]1C(F)(F)F)c1ccc2snnc2c1. The molecule has 2 saturated heterocycles. The van der Waals surface area contributed by atoms with Gasteiger partial charge in [-0.2, -0.15) is 18.2 Å². The molecular formula is C21H19F3N6O3S. The Morgan fingerprint density at radius 3 is 2.85 bits per heavy atom. The number of hydrogen-bond acceptors (Lipinski definition) is 9. The van der Waals surface area contributed by atoms with E-state index < -0.39 is 30.1 Å². The number of nitrogens with zero attached hydrogens (tertiary/aromatic N) is 6. The molecule has 34 heavy (non-hydrogen) atoms. The Morgan fingerprint density at radius 2 is 2.12 bits per heavy atom. The zero-order chi connectivity index (χ0) is 23.6. The highest BCUT2D eigenvalue weighted by atomic mass is 32.1. The lowest BCUT2D eigenvalue weighted by Gasteiger charge is -2.39. The van der Waals surface area contributed by atoms with E-state index in [0.29, 0.717) is 24.5 Å². The molecule has 9 nitrogen and oxygen atoms in total. The van der Waals surface area contributed by atoms with Crippen molar-refractivity contribution >= 4 is 39.3 Å². The first-order chi connectivity index (χ1) is 16.3. The van der Waals surface area contributed by atoms with Crippen LogP contribution in [0, 0.1) is 0 Å². The van der Waals surface area contributed by atoms with Crippen molar-refractivity contribution in [3.05, 3.63) is 40.2 Å². The molecule has 178 valence electrons. The van der Waals surface area contributed by atoms with Crippen LogP contribution >= 0.6 is 11.5 Å². The van der Waals surface area contributed by atoms with Crippen molar-refractivity contribution in [2.45, 2.75) is 43.8 Å². The van der Waals surface area contributed by atoms with Gasteiger partial charge in [0.05, 0.1) is 30.0 Å². The predicted octanol–water partition coefficient (Wildman–Crippen LogP) is 2.25. The van der Waals surface area contributed by atoms with Gasteiger partial charge in [-0.05, 0) is 42.6 Å². The zero-order valence-electron chi connectivity index (χ0n) is 17.7. The molecule has 0 saturated carbocycles. The molecule has 5 heterocycles. The first-order valence-corrected chi connectivity index (χ1v) is 11.6. The summed E-state index contributed by atoms with van der Waals surface area (Å²) in [6, 6.07) is 4.21. The number of halogens is 3. The monoisotopic (exact) mass is 492 g/mol. The minimum Gasteiger partial charge on any atom is -0.374 e. The quantitative estimate of drug-likeness (QED) is 0.512. The third-order valence-corrected chi connectivity index (χ3v) is 7.39. The molecule has 0 unspecified atom stereocenters. The number of benzene rings is 1. The van der Waals surface area contributed by atoms with Crippen LogP contribution in [0.15, 0.2) is 29.1 Å². The number of alkyl halides is 3. The summed E-state index contributed by atoms with van der Waals surface area (Å²) in [4.78, 5) is 33.3. The van der Waals surface area contributed by atoms with E-state index in [1.807, 2.05) is 4.90 Å². The number of anilines is 2. The van der Waals surface area contributed by atoms with Crippen LogP contribution in [0.25, 0.3) is 10.2 Å². The summed E-state index contributed by atoms with van der Waals surface area (Å²) in [5.41, 5.74) is 0.299. The van der Waals surface area contributed by atoms with Crippen molar-refractivity contribution in [2.75, 3.05) is 29.5 Å². The molecule has 13 heteroatoms. The van der Waals surface area contributed by atoms with E-state index in [9.17, 15) is 22.8 Å². The van der Waals surface area contributed by atoms with Gasteiger partial charge in [0.25, 0.3) is 5.56 Å². The molecule has 3 aliphatic rings. The van der Waals surface area contributed by atoms with Gasteiger partial charge in [-0.15, -0.1) is 5.10 Å². The van der Waals surface area contributed by atoms with Gasteiger partial charge >= 0.3 is 6.18 Å². The maximum atomic E-state index is 14.0. The first-order valence-electron chi connectivity index (χ1n) is 10.9. The van der Waals surface area contributed by atoms with Crippen molar-refractivity contribution in [3.63, 3.8) is 0 Å². The predicted molar refractivity (Wildman–Crippen MR) is 118 cm³/mol. The lowest BCUT2D eigenvalue weighted by molar-refractivity contribution is -0.152. The average Bonchev–Trinajstić information content (AvgIpc) is 3.55. The summed E-state index contributed by atoms with van der Waals surface area (Å²) in [5.74, 6) is -0.335. The topological polar surface area (TPSA) is 93.5 Å². The Morgan fingerprint density at radius 1 is 1.26 bits per heavy atom. The number of morpholine rings is 1. The van der Waals surface area contributed by atoms with Gasteiger partial charge < -0.3 is 14.5 Å². The maximum absolute atomic E-state index is 14.0. The number of rotatable bonds is 4. The van der Waals surface area contributed by atoms with Crippen molar-refractivity contribution in [1.29, 1.82) is 0 Å². The summed E-state index contributed by atoms with van der Waals surface area (Å²) in [6.45, 7) is 0.330. The van der Waals surface area contributed by atoms with Gasteiger partial charge in [-0.25, -0.2) is 0 Å². The number of carbonyl (C=O) groups is 1. The molecule has 0 amide bonds. The summed E-state index contributed by atoms with van der Waals surface area (Å²) in [6.07, 6.45) is -4.12. The number of carbonyl (C=O) groups excluding carboxylic acids is 1. The smallest absolute Gasteiger partial charge is 0.374 e. The van der Waals surface area contributed by atoms with Crippen LogP contribution in [0.5, 0.6) is 0 Å². The molecule has 6 rings (SSSR count). The standard InChI is InChI=1S/C21H19F3N6O3S/c22-21(23,24)17-3-4-28-19(32)7-18(29-8-13-6-12(29)10-33-13)25-20(28)30(17)9-15(31)11-1-2-16-14(5-11)26-27-34-16/h1-2,5,7,12-13,17H,3-4,6,8-10H2/t12-,13-,17-/m0/s1. The van der Waals surface area contributed by atoms with Gasteiger partial charge in [0.2, 0.25) is 5.95 Å². The second-order valence-corrected chi connectivity index (χ2v) is 9.54. The lowest BCUT2D eigenvalue weighted by atomic mass is 10.1. The van der Waals surface area contributed by atoms with Gasteiger partial charge in [0, 0.05) is 24.7 Å². The van der Waals surface area contributed by atoms with Gasteiger partial charge in [0.1, 0.15) is 17.4 Å². The van der Waals surface area contributed by atoms with Crippen LogP contribution in [0.1, 0.15) is 23.2 Å². The van der Waals surface area contributed by atoms with Crippen molar-refractivity contribution in [1.82, 2.24) is 19.1 Å². The van der Waals surface area contributed by atoms with E-state index in [-0.39, 0.29) is 36.6 Å². The van der Waals surface area contributed by atoms with Crippen LogP contribution in [0.2, 0.25) is 0 Å². The molecule has 0 aliphatic carbocycles. The summed E-state index contributed by atoms with van der Waals surface area (Å²) in [7, 11) is 0. The molecule has 3 aliphatic heterocycles. The van der Waals surface area contributed by atoms with Crippen molar-refractivity contribution < 1.29 is 22.7 Å². The molecule has 0 radical (unpaired) electrons. The molecular weight excluding hydrogens is 473 g/mol. The van der Waals surface area contributed by atoms with Crippen molar-refractivity contribution in [3.8, 4) is 0 Å². The molecule has 3 atom stereocenters. The second kappa shape index (κ2) is 7.73. The van der Waals surface area contributed by atoms with Crippen LogP contribution in [0.4, 0.5) is 24.9 Å². The average molecular weight is 492 g/mol. The molecule has 2 fully saturated rings. The second-order valence-electron chi connectivity index (χ2n) is 8.75. The maximum Gasteiger partial charge on any atom is 0.408 e. The Labute approximate surface area is 194 Å². The fourth-order valence-corrected chi connectivity index (χ4v) is 5.55. The third-order valence-electron chi connectivity index (χ3n) is 6.69. The summed E-state index contributed by atoms with van der Waals surface area (Å²) < 4.78 is 53.5. The van der Waals surface area contributed by atoms with E-state index in [1.54, 1.807) is 12.1 Å². The lowest BCUT2D eigenvalue weighted by Crippen LogP contribution is -2.54. The number of aromatic nitrogens is 4. The van der Waals surface area contributed by atoms with E-state index in [0.717, 1.165) is 27.6 Å². The molecule has 0 spiro atoms. The zero-order valence-corrected chi connectivity index (χ0v) is 18.6.